The minimum Gasteiger partial charge on any atom is -0.469 e. The van der Waals surface area contributed by atoms with E-state index in [4.69, 9.17) is 23.4 Å². The van der Waals surface area contributed by atoms with E-state index >= 15 is 19.5 Å². The molecule has 11 aliphatic carbocycles. The number of cyclic esters (lactones) is 1. The number of Topliss-reactive ketones (excluding diaryl/α,β-unsaturated/α-hetero) is 1. The van der Waals surface area contributed by atoms with Crippen LogP contribution in [0.1, 0.15) is 146 Å². The van der Waals surface area contributed by atoms with E-state index in [9.17, 15) is 10.2 Å². The lowest BCUT2D eigenvalue weighted by Gasteiger charge is -2.74. The van der Waals surface area contributed by atoms with Gasteiger partial charge in [0.15, 0.2) is 17.5 Å². The quantitative estimate of drug-likeness (QED) is 0.0851. The number of furan rings is 1. The topological polar surface area (TPSA) is 181 Å². The van der Waals surface area contributed by atoms with Gasteiger partial charge in [-0.05, 0) is 215 Å². The first-order chi connectivity index (χ1) is 43.6. The van der Waals surface area contributed by atoms with Crippen LogP contribution in [0.15, 0.2) is 77.1 Å². The Morgan fingerprint density at radius 3 is 2.63 bits per heavy atom. The molecule has 30 unspecified atom stereocenters. The van der Waals surface area contributed by atoms with Crippen LogP contribution in [0.25, 0.3) is 0 Å². The standard InChI is InChI=1S/C77H92N2O11/c1-40-52-13-7-11-43(52)18-22-53(40)57-31-51-30-50-12-8-25-72(50)34-48-33-70(2)75-49(21-17-47-37-86-60(61(47)75)32-55(59(81)36-80)45-19-23-54-46(29-45)24-26-79-39-78-35-58(54)79)20-16-44-15-14-42(27-41-9-5-4-6-10-41)28-56(44)74(77(70)67(88-77)69(85)89-75)63(48)73-38-87-68(84)65(72)76(51,73)90-71(57,3)64(73)62(82)66(74)83/h4-6,9-10,18,22,24,26,31,37,40,42-46,48-50,52-59,63-67,78,80-81,83H,7-8,11-15,17,19,21,23,25,27-30,32-36,38-39H2,1-3H3. The van der Waals surface area contributed by atoms with Crippen molar-refractivity contribution in [1.82, 2.24) is 10.2 Å². The highest BCUT2D eigenvalue weighted by atomic mass is 16.7. The highest BCUT2D eigenvalue weighted by molar-refractivity contribution is 5.94. The summed E-state index contributed by atoms with van der Waals surface area (Å²) in [6.07, 6.45) is 26.6. The van der Waals surface area contributed by atoms with Crippen molar-refractivity contribution in [2.24, 2.45) is 128 Å². The maximum atomic E-state index is 17.8. The van der Waals surface area contributed by atoms with Gasteiger partial charge in [0.1, 0.15) is 29.7 Å². The van der Waals surface area contributed by atoms with Crippen LogP contribution >= 0.6 is 0 Å². The molecule has 30 atom stereocenters. The molecule has 13 fully saturated rings. The Kier molecular flexibility index (Phi) is 11.5. The fourth-order valence-electron chi connectivity index (χ4n) is 29.1. The van der Waals surface area contributed by atoms with Crippen molar-refractivity contribution in [3.8, 4) is 11.8 Å². The molecule has 1 aromatic heterocycles. The first kappa shape index (κ1) is 55.9. The molecule has 6 spiro atoms. The predicted octanol–water partition coefficient (Wildman–Crippen LogP) is 9.59. The van der Waals surface area contributed by atoms with Crippen LogP contribution in [-0.2, 0) is 58.2 Å². The Balaban J connectivity index is 0.817. The zero-order chi connectivity index (χ0) is 60.6. The van der Waals surface area contributed by atoms with Crippen molar-refractivity contribution in [3.05, 3.63) is 95.1 Å². The summed E-state index contributed by atoms with van der Waals surface area (Å²) in [7, 11) is 0. The van der Waals surface area contributed by atoms with Crippen molar-refractivity contribution in [2.75, 3.05) is 26.4 Å². The van der Waals surface area contributed by atoms with Crippen LogP contribution < -0.4 is 5.32 Å². The molecular weight excluding hydrogens is 1130 g/mol. The second-order valence-electron chi connectivity index (χ2n) is 34.0. The molecule has 5 saturated heterocycles. The molecule has 0 amide bonds. The predicted molar refractivity (Wildman–Crippen MR) is 329 cm³/mol. The Morgan fingerprint density at radius 1 is 0.889 bits per heavy atom. The van der Waals surface area contributed by atoms with E-state index in [1.54, 1.807) is 0 Å². The van der Waals surface area contributed by atoms with Crippen molar-refractivity contribution >= 4 is 17.7 Å². The zero-order valence-electron chi connectivity index (χ0n) is 52.9. The highest BCUT2D eigenvalue weighted by Gasteiger charge is 3.00. The number of fused-ring (bicyclic) bond motifs is 8. The van der Waals surface area contributed by atoms with Crippen LogP contribution in [0.5, 0.6) is 0 Å². The van der Waals surface area contributed by atoms with Gasteiger partial charge in [0.05, 0.1) is 54.4 Å². The number of ether oxygens (including phenoxy) is 4. The molecule has 1 aromatic carbocycles. The van der Waals surface area contributed by atoms with Gasteiger partial charge in [0.2, 0.25) is 0 Å². The maximum Gasteiger partial charge on any atom is 0.339 e. The summed E-state index contributed by atoms with van der Waals surface area (Å²) in [6.45, 7) is 8.49. The smallest absolute Gasteiger partial charge is 0.339 e. The zero-order valence-corrected chi connectivity index (χ0v) is 52.9. The van der Waals surface area contributed by atoms with Gasteiger partial charge < -0.3 is 43.6 Å². The van der Waals surface area contributed by atoms with Crippen LogP contribution in [0.2, 0.25) is 0 Å². The molecule has 7 aliphatic heterocycles. The number of allylic oxidation sites excluding steroid dienone is 3. The molecule has 0 radical (unpaired) electrons. The van der Waals surface area contributed by atoms with Gasteiger partial charge >= 0.3 is 11.9 Å². The second-order valence-corrected chi connectivity index (χ2v) is 34.0. The molecule has 13 heteroatoms. The third-order valence-corrected chi connectivity index (χ3v) is 31.6. The number of nitrogens with one attached hydrogen (secondary N) is 1. The summed E-state index contributed by atoms with van der Waals surface area (Å²) in [5, 5.41) is 42.1. The summed E-state index contributed by atoms with van der Waals surface area (Å²) in [6, 6.07) is 11.2. The number of epoxide rings is 1. The number of ketones is 1. The second kappa shape index (κ2) is 18.5. The molecule has 2 aromatic rings. The van der Waals surface area contributed by atoms with E-state index in [0.717, 1.165) is 88.5 Å². The van der Waals surface area contributed by atoms with Crippen molar-refractivity contribution in [1.29, 1.82) is 0 Å². The number of carbonyl (C=O) groups is 3. The molecule has 18 aliphatic rings. The average molecular weight is 1220 g/mol. The molecule has 476 valence electrons. The van der Waals surface area contributed by atoms with Gasteiger partial charge in [-0.1, -0.05) is 93.2 Å². The Morgan fingerprint density at radius 2 is 1.77 bits per heavy atom. The molecule has 90 heavy (non-hydrogen) atoms. The lowest BCUT2D eigenvalue weighted by molar-refractivity contribution is -0.320. The van der Waals surface area contributed by atoms with Gasteiger partial charge in [0.25, 0.3) is 0 Å². The fourth-order valence-corrected chi connectivity index (χ4v) is 29.1. The van der Waals surface area contributed by atoms with E-state index in [1.165, 1.54) is 30.4 Å². The van der Waals surface area contributed by atoms with Gasteiger partial charge in [-0.15, -0.1) is 0 Å². The Bertz CT molecular complexity index is 3600. The van der Waals surface area contributed by atoms with Gasteiger partial charge in [-0.25, -0.2) is 4.79 Å². The number of hydrogen-bond donors (Lipinski definition) is 4. The summed E-state index contributed by atoms with van der Waals surface area (Å²) < 4.78 is 38.2. The SMILES string of the molecule is CC1C(C2C=C3CC4CCCC45CC4CC6(C)C78OC(=O)C9OC96C6(C(O)C(=O)C9C2(C)OC32C5C(=O)OCC92C46)C2CC(Cc3ccccc3)CCC2C#CC7CCc2coc(CC(C(O)CO)C3CCC4C(C=CN5CNCC45)C3)c28)C=CC2CCCC21. The monoisotopic (exact) mass is 1220 g/mol. The lowest BCUT2D eigenvalue weighted by atomic mass is 9.28. The van der Waals surface area contributed by atoms with E-state index in [-0.39, 0.29) is 72.3 Å². The third kappa shape index (κ3) is 6.24. The number of aliphatic hydroxyl groups excluding tert-OH is 3. The summed E-state index contributed by atoms with van der Waals surface area (Å²) in [4.78, 5) is 52.7. The lowest BCUT2D eigenvalue weighted by Crippen LogP contribution is -2.84. The highest BCUT2D eigenvalue weighted by Crippen LogP contribution is 2.91. The number of carbonyl (C=O) groups excluding carboxylic acids is 3. The number of benzene rings is 1. The van der Waals surface area contributed by atoms with Crippen molar-refractivity contribution < 1.29 is 53.1 Å². The number of hydrogen-bond acceptors (Lipinski definition) is 13. The van der Waals surface area contributed by atoms with Crippen molar-refractivity contribution in [3.63, 3.8) is 0 Å². The Hall–Kier alpha value is -4.55. The number of nitrogens with zero attached hydrogens (tertiary/aromatic N) is 1. The molecule has 20 rings (SSSR count). The van der Waals surface area contributed by atoms with Crippen LogP contribution in [0, 0.1) is 140 Å². The fraction of sp³-hybridized carbons (Fsp3) is 0.727. The molecule has 4 N–H and O–H groups in total. The molecule has 8 heterocycles. The normalized spacial score (nSPS) is 53.9. The molecule has 9 bridgehead atoms. The van der Waals surface area contributed by atoms with Crippen LogP contribution in [0.4, 0.5) is 0 Å². The number of aryl methyl sites for hydroxylation is 1. The number of rotatable bonds is 8. The van der Waals surface area contributed by atoms with E-state index < -0.39 is 97.9 Å². The molecule has 13 nitrogen and oxygen atoms in total. The largest absolute Gasteiger partial charge is 0.469 e. The molecule has 8 saturated carbocycles. The van der Waals surface area contributed by atoms with Gasteiger partial charge in [-0.2, -0.15) is 0 Å². The average Bonchev–Trinajstić information content (AvgIpc) is 1.40. The van der Waals surface area contributed by atoms with Crippen molar-refractivity contribution in [2.45, 2.75) is 190 Å². The minimum atomic E-state index is -1.58. The van der Waals surface area contributed by atoms with Crippen LogP contribution in [0.3, 0.4) is 0 Å². The summed E-state index contributed by atoms with van der Waals surface area (Å²) in [5.74, 6) is 6.94. The Labute approximate surface area is 529 Å². The van der Waals surface area contributed by atoms with Crippen LogP contribution in [-0.4, -0.2) is 106 Å². The summed E-state index contributed by atoms with van der Waals surface area (Å²) >= 11 is 0. The summed E-state index contributed by atoms with van der Waals surface area (Å²) in [5.41, 5.74) is -5.11. The molecular formula is C77H92N2O11. The first-order valence-corrected chi connectivity index (χ1v) is 36.1. The minimum absolute atomic E-state index is 0.0146. The van der Waals surface area contributed by atoms with Gasteiger partial charge in [0, 0.05) is 47.2 Å². The van der Waals surface area contributed by atoms with E-state index in [1.807, 2.05) is 6.26 Å². The number of esters is 2. The van der Waals surface area contributed by atoms with Gasteiger partial charge in [-0.3, -0.25) is 14.9 Å². The van der Waals surface area contributed by atoms with E-state index in [0.29, 0.717) is 79.9 Å². The third-order valence-electron chi connectivity index (χ3n) is 31.6. The maximum absolute atomic E-state index is 17.8. The first-order valence-electron chi connectivity index (χ1n) is 36.1. The van der Waals surface area contributed by atoms with E-state index in [2.05, 4.69) is 104 Å². The number of aliphatic hydroxyl groups is 3.